The van der Waals surface area contributed by atoms with Crippen LogP contribution in [0.5, 0.6) is 0 Å². The summed E-state index contributed by atoms with van der Waals surface area (Å²) in [5.41, 5.74) is 5.51. The molecule has 0 fully saturated rings. The fraction of sp³-hybridized carbons (Fsp3) is 0.600. The maximum absolute atomic E-state index is 11.8. The van der Waals surface area contributed by atoms with E-state index >= 15 is 0 Å². The van der Waals surface area contributed by atoms with Gasteiger partial charge in [0.25, 0.3) is 0 Å². The lowest BCUT2D eigenvalue weighted by atomic mass is 10.4. The Bertz CT molecular complexity index is 319. The Morgan fingerprint density at radius 3 is 1.87 bits per heavy atom. The molecule has 0 aromatic carbocycles. The molecular formula is C10H16NO3P. The minimum absolute atomic E-state index is 0.708. The Kier molecular flexibility index (Phi) is 3.17. The summed E-state index contributed by atoms with van der Waals surface area (Å²) in [5, 5.41) is 0. The second kappa shape index (κ2) is 4.42. The van der Waals surface area contributed by atoms with Gasteiger partial charge in [-0.2, -0.15) is 0 Å². The van der Waals surface area contributed by atoms with Crippen molar-refractivity contribution in [3.8, 4) is 0 Å². The van der Waals surface area contributed by atoms with E-state index in [1.807, 2.05) is 12.2 Å². The van der Waals surface area contributed by atoms with Crippen LogP contribution in [0.3, 0.4) is 0 Å². The molecular weight excluding hydrogens is 213 g/mol. The summed E-state index contributed by atoms with van der Waals surface area (Å²) in [5.74, 6) is 1.42. The number of rotatable bonds is 4. The summed E-state index contributed by atoms with van der Waals surface area (Å²) < 4.78 is 22.2. The number of nitrogens with two attached hydrogens (primary N) is 1. The van der Waals surface area contributed by atoms with Gasteiger partial charge in [0.2, 0.25) is 0 Å². The third kappa shape index (κ3) is 3.11. The molecule has 0 saturated carbocycles. The smallest absolute Gasteiger partial charge is 0.410 e. The fourth-order valence-electron chi connectivity index (χ4n) is 1.79. The molecule has 84 valence electrons. The Labute approximate surface area is 89.7 Å². The van der Waals surface area contributed by atoms with E-state index in [2.05, 4.69) is 0 Å². The third-order valence-electron chi connectivity index (χ3n) is 2.49. The van der Waals surface area contributed by atoms with Gasteiger partial charge >= 0.3 is 7.75 Å². The van der Waals surface area contributed by atoms with Crippen molar-refractivity contribution in [1.82, 2.24) is 0 Å². The minimum Gasteiger partial charge on any atom is -0.410 e. The molecule has 0 radical (unpaired) electrons. The van der Waals surface area contributed by atoms with Gasteiger partial charge in [0, 0.05) is 12.8 Å². The van der Waals surface area contributed by atoms with E-state index in [-0.39, 0.29) is 0 Å². The van der Waals surface area contributed by atoms with Gasteiger partial charge in [-0.3, -0.25) is 0 Å². The Balaban J connectivity index is 1.91. The highest BCUT2D eigenvalue weighted by molar-refractivity contribution is 7.51. The SMILES string of the molecule is NP(=O)(OC1=CCCC1)OC1=CCCC1. The number of allylic oxidation sites excluding steroid dienone is 4. The monoisotopic (exact) mass is 229 g/mol. The number of hydrogen-bond acceptors (Lipinski definition) is 3. The van der Waals surface area contributed by atoms with E-state index in [1.165, 1.54) is 0 Å². The molecule has 5 heteroatoms. The van der Waals surface area contributed by atoms with E-state index in [4.69, 9.17) is 14.6 Å². The molecule has 0 bridgehead atoms. The first-order chi connectivity index (χ1) is 7.16. The van der Waals surface area contributed by atoms with Crippen molar-refractivity contribution in [2.24, 2.45) is 5.50 Å². The second-order valence-electron chi connectivity index (χ2n) is 3.85. The van der Waals surface area contributed by atoms with Gasteiger partial charge in [-0.1, -0.05) is 0 Å². The lowest BCUT2D eigenvalue weighted by Gasteiger charge is -2.16. The molecule has 2 N–H and O–H groups in total. The van der Waals surface area contributed by atoms with Crippen molar-refractivity contribution in [1.29, 1.82) is 0 Å². The van der Waals surface area contributed by atoms with Crippen LogP contribution in [0.15, 0.2) is 23.7 Å². The molecule has 0 spiro atoms. The standard InChI is InChI=1S/C10H16NO3P/c11-15(12,13-9-5-1-2-6-9)14-10-7-3-4-8-10/h5,7H,1-4,6,8H2,(H2,11,12). The highest BCUT2D eigenvalue weighted by Gasteiger charge is 2.25. The van der Waals surface area contributed by atoms with E-state index < -0.39 is 7.75 Å². The zero-order valence-electron chi connectivity index (χ0n) is 8.65. The Morgan fingerprint density at radius 2 is 1.53 bits per heavy atom. The van der Waals surface area contributed by atoms with Crippen LogP contribution in [0.4, 0.5) is 0 Å². The highest BCUT2D eigenvalue weighted by atomic mass is 31.2. The minimum atomic E-state index is -3.43. The lowest BCUT2D eigenvalue weighted by Crippen LogP contribution is -2.02. The van der Waals surface area contributed by atoms with Gasteiger partial charge < -0.3 is 9.05 Å². The summed E-state index contributed by atoms with van der Waals surface area (Å²) >= 11 is 0. The highest BCUT2D eigenvalue weighted by Crippen LogP contribution is 2.47. The van der Waals surface area contributed by atoms with Gasteiger partial charge in [0.1, 0.15) is 11.5 Å². The van der Waals surface area contributed by atoms with E-state index in [9.17, 15) is 4.57 Å². The normalized spacial score (nSPS) is 21.1. The van der Waals surface area contributed by atoms with Gasteiger partial charge in [0.05, 0.1) is 0 Å². The van der Waals surface area contributed by atoms with Gasteiger partial charge in [-0.05, 0) is 37.8 Å². The van der Waals surface area contributed by atoms with Crippen LogP contribution in [0.2, 0.25) is 0 Å². The largest absolute Gasteiger partial charge is 0.509 e. The van der Waals surface area contributed by atoms with Crippen molar-refractivity contribution in [2.75, 3.05) is 0 Å². The van der Waals surface area contributed by atoms with Crippen molar-refractivity contribution in [3.63, 3.8) is 0 Å². The van der Waals surface area contributed by atoms with E-state index in [0.717, 1.165) is 38.5 Å². The zero-order valence-corrected chi connectivity index (χ0v) is 9.54. The van der Waals surface area contributed by atoms with Gasteiger partial charge in [-0.15, -0.1) is 0 Å². The molecule has 4 nitrogen and oxygen atoms in total. The first-order valence-electron chi connectivity index (χ1n) is 5.32. The average molecular weight is 229 g/mol. The summed E-state index contributed by atoms with van der Waals surface area (Å²) in [4.78, 5) is 0. The van der Waals surface area contributed by atoms with Crippen molar-refractivity contribution >= 4 is 7.75 Å². The van der Waals surface area contributed by atoms with Crippen molar-refractivity contribution in [2.45, 2.75) is 38.5 Å². The maximum atomic E-state index is 11.8. The maximum Gasteiger partial charge on any atom is 0.509 e. The quantitative estimate of drug-likeness (QED) is 0.752. The summed E-state index contributed by atoms with van der Waals surface area (Å²) in [7, 11) is -3.43. The summed E-state index contributed by atoms with van der Waals surface area (Å²) in [6.45, 7) is 0. The molecule has 0 aliphatic heterocycles. The molecule has 2 rings (SSSR count). The van der Waals surface area contributed by atoms with Crippen molar-refractivity contribution in [3.05, 3.63) is 23.7 Å². The predicted molar refractivity (Wildman–Crippen MR) is 57.8 cm³/mol. The molecule has 15 heavy (non-hydrogen) atoms. The Hall–Kier alpha value is -0.730. The number of hydrogen-bond donors (Lipinski definition) is 1. The second-order valence-corrected chi connectivity index (χ2v) is 5.29. The van der Waals surface area contributed by atoms with Crippen LogP contribution in [-0.4, -0.2) is 0 Å². The fourth-order valence-corrected chi connectivity index (χ4v) is 2.82. The molecule has 0 amide bonds. The zero-order chi connectivity index (χ0) is 10.7. The lowest BCUT2D eigenvalue weighted by molar-refractivity contribution is 0.282. The van der Waals surface area contributed by atoms with E-state index in [0.29, 0.717) is 11.5 Å². The molecule has 0 atom stereocenters. The average Bonchev–Trinajstić information content (AvgIpc) is 2.75. The summed E-state index contributed by atoms with van der Waals surface area (Å²) in [6.07, 6.45) is 9.48. The van der Waals surface area contributed by atoms with Crippen LogP contribution in [0.1, 0.15) is 38.5 Å². The van der Waals surface area contributed by atoms with Crippen LogP contribution in [-0.2, 0) is 13.6 Å². The molecule has 2 aliphatic carbocycles. The van der Waals surface area contributed by atoms with Gasteiger partial charge in [0.15, 0.2) is 0 Å². The Morgan fingerprint density at radius 1 is 1.07 bits per heavy atom. The molecule has 0 unspecified atom stereocenters. The molecule has 0 heterocycles. The first kappa shape index (κ1) is 10.8. The predicted octanol–water partition coefficient (Wildman–Crippen LogP) is 3.22. The summed E-state index contributed by atoms with van der Waals surface area (Å²) in [6, 6.07) is 0. The topological polar surface area (TPSA) is 61.6 Å². The van der Waals surface area contributed by atoms with Crippen LogP contribution in [0.25, 0.3) is 0 Å². The van der Waals surface area contributed by atoms with Crippen LogP contribution < -0.4 is 5.50 Å². The molecule has 2 aliphatic rings. The third-order valence-corrected chi connectivity index (χ3v) is 3.47. The van der Waals surface area contributed by atoms with Crippen LogP contribution in [0, 0.1) is 0 Å². The van der Waals surface area contributed by atoms with Crippen LogP contribution >= 0.6 is 7.75 Å². The first-order valence-corrected chi connectivity index (χ1v) is 6.93. The molecule has 0 aromatic rings. The molecule has 0 saturated heterocycles. The molecule has 0 aromatic heterocycles. The van der Waals surface area contributed by atoms with E-state index in [1.54, 1.807) is 0 Å². The van der Waals surface area contributed by atoms with Crippen molar-refractivity contribution < 1.29 is 13.6 Å². The van der Waals surface area contributed by atoms with Gasteiger partial charge in [-0.25, -0.2) is 10.1 Å².